The molecule has 1 amide bonds. The third-order valence-electron chi connectivity index (χ3n) is 2.42. The summed E-state index contributed by atoms with van der Waals surface area (Å²) in [6.07, 6.45) is 10.0. The van der Waals surface area contributed by atoms with Crippen LogP contribution in [0, 0.1) is 12.3 Å². The van der Waals surface area contributed by atoms with Crippen LogP contribution >= 0.6 is 0 Å². The van der Waals surface area contributed by atoms with Crippen LogP contribution in [-0.4, -0.2) is 15.5 Å². The second kappa shape index (κ2) is 4.14. The normalized spacial score (nSPS) is 9.88. The number of nitrogens with zero attached hydrogens (tertiary/aromatic N) is 2. The first-order chi connectivity index (χ1) is 8.15. The predicted octanol–water partition coefficient (Wildman–Crippen LogP) is 1.68. The van der Waals surface area contributed by atoms with Gasteiger partial charge in [0.05, 0.1) is 17.4 Å². The molecule has 0 radical (unpaired) electrons. The second-order valence-corrected chi connectivity index (χ2v) is 3.59. The topological polar surface area (TPSA) is 46.9 Å². The number of pyridine rings is 1. The van der Waals surface area contributed by atoms with Gasteiger partial charge < -0.3 is 9.88 Å². The largest absolute Gasteiger partial charge is 0.334 e. The first kappa shape index (κ1) is 11.0. The van der Waals surface area contributed by atoms with Crippen LogP contribution in [0.2, 0.25) is 0 Å². The van der Waals surface area contributed by atoms with Crippen LogP contribution in [0.4, 0.5) is 5.69 Å². The number of aryl methyl sites for hydroxylation is 1. The molecule has 2 heterocycles. The molecule has 0 aliphatic carbocycles. The zero-order chi connectivity index (χ0) is 12.4. The zero-order valence-corrected chi connectivity index (χ0v) is 9.40. The van der Waals surface area contributed by atoms with Crippen molar-refractivity contribution >= 4 is 22.6 Å². The van der Waals surface area contributed by atoms with E-state index < -0.39 is 0 Å². The van der Waals surface area contributed by atoms with Crippen molar-refractivity contribution in [1.82, 2.24) is 9.55 Å². The van der Waals surface area contributed by atoms with Crippen LogP contribution in [0.15, 0.2) is 31.1 Å². The van der Waals surface area contributed by atoms with Gasteiger partial charge in [0.15, 0.2) is 0 Å². The van der Waals surface area contributed by atoms with Crippen LogP contribution in [0.25, 0.3) is 11.0 Å². The number of fused-ring (bicyclic) bond motifs is 1. The van der Waals surface area contributed by atoms with E-state index in [9.17, 15) is 4.79 Å². The van der Waals surface area contributed by atoms with Crippen molar-refractivity contribution in [3.63, 3.8) is 0 Å². The Morgan fingerprint density at radius 3 is 3.12 bits per heavy atom. The van der Waals surface area contributed by atoms with Crippen molar-refractivity contribution in [1.29, 1.82) is 0 Å². The number of hydrogen-bond acceptors (Lipinski definition) is 2. The molecule has 0 unspecified atom stereocenters. The van der Waals surface area contributed by atoms with Crippen molar-refractivity contribution in [2.45, 2.75) is 0 Å². The fourth-order valence-electron chi connectivity index (χ4n) is 1.64. The fourth-order valence-corrected chi connectivity index (χ4v) is 1.64. The molecule has 0 bridgehead atoms. The minimum Gasteiger partial charge on any atom is -0.334 e. The number of aromatic nitrogens is 2. The molecule has 0 aliphatic rings. The third kappa shape index (κ3) is 1.91. The van der Waals surface area contributed by atoms with Crippen molar-refractivity contribution < 1.29 is 4.79 Å². The van der Waals surface area contributed by atoms with Crippen molar-refractivity contribution in [2.24, 2.45) is 7.05 Å². The van der Waals surface area contributed by atoms with E-state index >= 15 is 0 Å². The SMILES string of the molecule is C#Cc1cn(C)c2ncc(NC(=O)C=C)cc12. The summed E-state index contributed by atoms with van der Waals surface area (Å²) in [5, 5.41) is 3.49. The maximum Gasteiger partial charge on any atom is 0.247 e. The van der Waals surface area contributed by atoms with Crippen molar-refractivity contribution in [3.8, 4) is 12.3 Å². The van der Waals surface area contributed by atoms with E-state index in [1.54, 1.807) is 12.3 Å². The lowest BCUT2D eigenvalue weighted by molar-refractivity contribution is -0.111. The molecule has 4 nitrogen and oxygen atoms in total. The van der Waals surface area contributed by atoms with Gasteiger partial charge in [0, 0.05) is 18.6 Å². The number of nitrogens with one attached hydrogen (secondary N) is 1. The van der Waals surface area contributed by atoms with Crippen LogP contribution in [0.3, 0.4) is 0 Å². The maximum absolute atomic E-state index is 11.2. The standard InChI is InChI=1S/C13H11N3O/c1-4-9-8-16(3)13-11(9)6-10(7-14-13)15-12(17)5-2/h1,5-8H,2H2,3H3,(H,15,17). The summed E-state index contributed by atoms with van der Waals surface area (Å²) >= 11 is 0. The highest BCUT2D eigenvalue weighted by Gasteiger charge is 2.07. The van der Waals surface area contributed by atoms with Gasteiger partial charge in [0.25, 0.3) is 0 Å². The van der Waals surface area contributed by atoms with E-state index in [4.69, 9.17) is 6.42 Å². The zero-order valence-electron chi connectivity index (χ0n) is 9.40. The molecule has 84 valence electrons. The van der Waals surface area contributed by atoms with Crippen molar-refractivity contribution in [2.75, 3.05) is 5.32 Å². The number of carbonyl (C=O) groups excluding carboxylic acids is 1. The molecule has 0 aliphatic heterocycles. The predicted molar refractivity (Wildman–Crippen MR) is 67.5 cm³/mol. The first-order valence-electron chi connectivity index (χ1n) is 5.01. The van der Waals surface area contributed by atoms with Crippen LogP contribution in [0.5, 0.6) is 0 Å². The summed E-state index contributed by atoms with van der Waals surface area (Å²) < 4.78 is 1.85. The summed E-state index contributed by atoms with van der Waals surface area (Å²) in [7, 11) is 1.87. The summed E-state index contributed by atoms with van der Waals surface area (Å²) in [5.74, 6) is 2.32. The van der Waals surface area contributed by atoms with Gasteiger partial charge in [-0.1, -0.05) is 12.5 Å². The minimum atomic E-state index is -0.274. The molecule has 2 aromatic heterocycles. The van der Waals surface area contributed by atoms with Crippen LogP contribution < -0.4 is 5.32 Å². The van der Waals surface area contributed by atoms with Crippen LogP contribution in [0.1, 0.15) is 5.56 Å². The monoisotopic (exact) mass is 225 g/mol. The highest BCUT2D eigenvalue weighted by molar-refractivity contribution is 6.00. The Morgan fingerprint density at radius 1 is 1.71 bits per heavy atom. The van der Waals surface area contributed by atoms with E-state index in [-0.39, 0.29) is 5.91 Å². The molecular formula is C13H11N3O. The summed E-state index contributed by atoms with van der Waals surface area (Å²) in [6, 6.07) is 1.80. The molecule has 0 aromatic carbocycles. The van der Waals surface area contributed by atoms with Crippen molar-refractivity contribution in [3.05, 3.63) is 36.7 Å². The summed E-state index contributed by atoms with van der Waals surface area (Å²) in [6.45, 7) is 3.39. The Labute approximate surface area is 99.0 Å². The molecule has 2 aromatic rings. The lowest BCUT2D eigenvalue weighted by Crippen LogP contribution is -2.07. The van der Waals surface area contributed by atoms with Gasteiger partial charge in [0.1, 0.15) is 5.65 Å². The van der Waals surface area contributed by atoms with Crippen LogP contribution in [-0.2, 0) is 11.8 Å². The molecule has 17 heavy (non-hydrogen) atoms. The summed E-state index contributed by atoms with van der Waals surface area (Å²) in [4.78, 5) is 15.4. The number of anilines is 1. The van der Waals surface area contributed by atoms with Gasteiger partial charge >= 0.3 is 0 Å². The van der Waals surface area contributed by atoms with Gasteiger partial charge in [0.2, 0.25) is 5.91 Å². The molecule has 1 N–H and O–H groups in total. The lowest BCUT2D eigenvalue weighted by atomic mass is 10.2. The molecule has 2 rings (SSSR count). The average molecular weight is 225 g/mol. The van der Waals surface area contributed by atoms with E-state index in [2.05, 4.69) is 22.8 Å². The summed E-state index contributed by atoms with van der Waals surface area (Å²) in [5.41, 5.74) is 2.14. The van der Waals surface area contributed by atoms with Gasteiger partial charge in [-0.15, -0.1) is 6.42 Å². The number of hydrogen-bond donors (Lipinski definition) is 1. The van der Waals surface area contributed by atoms with E-state index in [0.29, 0.717) is 5.69 Å². The lowest BCUT2D eigenvalue weighted by Gasteiger charge is -2.02. The molecular weight excluding hydrogens is 214 g/mol. The average Bonchev–Trinajstić information content (AvgIpc) is 2.65. The second-order valence-electron chi connectivity index (χ2n) is 3.59. The molecule has 0 atom stereocenters. The van der Waals surface area contributed by atoms with Gasteiger partial charge in [-0.3, -0.25) is 4.79 Å². The smallest absolute Gasteiger partial charge is 0.247 e. The Bertz CT molecular complexity index is 646. The molecule has 0 saturated carbocycles. The highest BCUT2D eigenvalue weighted by Crippen LogP contribution is 2.21. The van der Waals surface area contributed by atoms with Gasteiger partial charge in [-0.05, 0) is 12.1 Å². The quantitative estimate of drug-likeness (QED) is 0.624. The minimum absolute atomic E-state index is 0.274. The van der Waals surface area contributed by atoms with E-state index in [0.717, 1.165) is 16.6 Å². The van der Waals surface area contributed by atoms with Gasteiger partial charge in [-0.25, -0.2) is 4.98 Å². The number of carbonyl (C=O) groups is 1. The third-order valence-corrected chi connectivity index (χ3v) is 2.42. The van der Waals surface area contributed by atoms with Gasteiger partial charge in [-0.2, -0.15) is 0 Å². The number of amides is 1. The Morgan fingerprint density at radius 2 is 2.47 bits per heavy atom. The molecule has 4 heteroatoms. The maximum atomic E-state index is 11.2. The highest BCUT2D eigenvalue weighted by atomic mass is 16.1. The van der Waals surface area contributed by atoms with E-state index in [1.807, 2.05) is 17.8 Å². The number of terminal acetylenes is 1. The number of rotatable bonds is 2. The Kier molecular flexibility index (Phi) is 2.67. The molecule has 0 saturated heterocycles. The van der Waals surface area contributed by atoms with E-state index in [1.165, 1.54) is 6.08 Å². The Balaban J connectivity index is 2.53. The Hall–Kier alpha value is -2.54. The molecule has 0 spiro atoms. The fraction of sp³-hybridized carbons (Fsp3) is 0.0769. The first-order valence-corrected chi connectivity index (χ1v) is 5.01. The molecule has 0 fully saturated rings.